The number of aliphatic hydroxyl groups excluding tert-OH is 1. The first-order valence-electron chi connectivity index (χ1n) is 7.61. The van der Waals surface area contributed by atoms with Crippen molar-refractivity contribution < 1.29 is 23.1 Å². The topological polar surface area (TPSA) is 61.4 Å². The van der Waals surface area contributed by atoms with Crippen LogP contribution in [0.2, 0.25) is 0 Å². The predicted octanol–water partition coefficient (Wildman–Crippen LogP) is 3.06. The minimum Gasteiger partial charge on any atom is -0.393 e. The molecule has 0 spiro atoms. The van der Waals surface area contributed by atoms with Crippen LogP contribution in [0.15, 0.2) is 24.3 Å². The molecular formula is C16H21F3N2O2. The van der Waals surface area contributed by atoms with E-state index in [4.69, 9.17) is 0 Å². The number of aliphatic hydroxyl groups is 1. The van der Waals surface area contributed by atoms with Gasteiger partial charge in [0.2, 0.25) is 0 Å². The molecule has 0 saturated heterocycles. The van der Waals surface area contributed by atoms with Gasteiger partial charge in [-0.3, -0.25) is 0 Å². The predicted molar refractivity (Wildman–Crippen MR) is 79.9 cm³/mol. The average Bonchev–Trinajstić information content (AvgIpc) is 2.87. The minimum absolute atomic E-state index is 0.00365. The fourth-order valence-electron chi connectivity index (χ4n) is 2.86. The quantitative estimate of drug-likeness (QED) is 0.794. The van der Waals surface area contributed by atoms with Gasteiger partial charge in [0.25, 0.3) is 0 Å². The summed E-state index contributed by atoms with van der Waals surface area (Å²) in [4.78, 5) is 11.8. The van der Waals surface area contributed by atoms with Crippen molar-refractivity contribution in [2.45, 2.75) is 44.5 Å². The molecule has 0 bridgehead atoms. The van der Waals surface area contributed by atoms with Gasteiger partial charge < -0.3 is 15.7 Å². The van der Waals surface area contributed by atoms with Crippen molar-refractivity contribution >= 4 is 6.03 Å². The molecule has 0 aliphatic heterocycles. The first kappa shape index (κ1) is 17.6. The molecule has 0 unspecified atom stereocenters. The number of aryl methyl sites for hydroxylation is 1. The van der Waals surface area contributed by atoms with Gasteiger partial charge in [0, 0.05) is 6.54 Å². The summed E-state index contributed by atoms with van der Waals surface area (Å²) < 4.78 is 39.6. The fraction of sp³-hybridized carbons (Fsp3) is 0.562. The van der Waals surface area contributed by atoms with Gasteiger partial charge in [0.1, 0.15) is 0 Å². The molecule has 1 aliphatic rings. The van der Waals surface area contributed by atoms with Gasteiger partial charge in [-0.05, 0) is 37.7 Å². The van der Waals surface area contributed by atoms with Crippen LogP contribution in [-0.2, 0) is 0 Å². The second-order valence-electron chi connectivity index (χ2n) is 6.08. The number of nitrogens with one attached hydrogen (secondary N) is 2. The highest BCUT2D eigenvalue weighted by atomic mass is 19.4. The summed E-state index contributed by atoms with van der Waals surface area (Å²) in [5.41, 5.74) is 0.697. The van der Waals surface area contributed by atoms with Crippen LogP contribution in [0.4, 0.5) is 18.0 Å². The first-order chi connectivity index (χ1) is 10.8. The molecule has 0 radical (unpaired) electrons. The monoisotopic (exact) mass is 330 g/mol. The maximum atomic E-state index is 13.2. The SMILES string of the molecule is Cc1cccc([C@H](NC(=O)NC[C@H]2CC[C@@H](O)C2)C(F)(F)F)c1. The molecule has 3 atom stereocenters. The van der Waals surface area contributed by atoms with Crippen molar-refractivity contribution in [3.63, 3.8) is 0 Å². The van der Waals surface area contributed by atoms with Gasteiger partial charge >= 0.3 is 12.2 Å². The molecule has 7 heteroatoms. The molecule has 1 aromatic rings. The van der Waals surface area contributed by atoms with Crippen LogP contribution in [0.25, 0.3) is 0 Å². The Morgan fingerprint density at radius 1 is 1.39 bits per heavy atom. The van der Waals surface area contributed by atoms with E-state index < -0.39 is 18.2 Å². The maximum Gasteiger partial charge on any atom is 0.412 e. The number of rotatable bonds is 4. The zero-order valence-corrected chi connectivity index (χ0v) is 12.9. The molecule has 4 nitrogen and oxygen atoms in total. The fourth-order valence-corrected chi connectivity index (χ4v) is 2.86. The number of carbonyl (C=O) groups excluding carboxylic acids is 1. The van der Waals surface area contributed by atoms with Gasteiger partial charge in [-0.2, -0.15) is 13.2 Å². The van der Waals surface area contributed by atoms with E-state index in [0.29, 0.717) is 18.4 Å². The zero-order chi connectivity index (χ0) is 17.0. The molecule has 128 valence electrons. The smallest absolute Gasteiger partial charge is 0.393 e. The Kier molecular flexibility index (Phi) is 5.51. The van der Waals surface area contributed by atoms with E-state index in [1.165, 1.54) is 18.2 Å². The normalized spacial score (nSPS) is 22.7. The van der Waals surface area contributed by atoms with Gasteiger partial charge in [0.05, 0.1) is 6.10 Å². The van der Waals surface area contributed by atoms with E-state index in [2.05, 4.69) is 5.32 Å². The van der Waals surface area contributed by atoms with E-state index in [1.54, 1.807) is 13.0 Å². The third-order valence-electron chi connectivity index (χ3n) is 4.04. The van der Waals surface area contributed by atoms with Crippen molar-refractivity contribution in [2.24, 2.45) is 5.92 Å². The molecule has 3 N–H and O–H groups in total. The van der Waals surface area contributed by atoms with E-state index in [9.17, 15) is 23.1 Å². The number of halogens is 3. The summed E-state index contributed by atoms with van der Waals surface area (Å²) >= 11 is 0. The third-order valence-corrected chi connectivity index (χ3v) is 4.04. The number of hydrogen-bond donors (Lipinski definition) is 3. The molecule has 1 aliphatic carbocycles. The Labute approximate surface area is 133 Å². The second-order valence-corrected chi connectivity index (χ2v) is 6.08. The lowest BCUT2D eigenvalue weighted by molar-refractivity contribution is -0.154. The van der Waals surface area contributed by atoms with Crippen molar-refractivity contribution in [3.05, 3.63) is 35.4 Å². The summed E-state index contributed by atoms with van der Waals surface area (Å²) in [6.45, 7) is 1.96. The summed E-state index contributed by atoms with van der Waals surface area (Å²) in [6.07, 6.45) is -2.94. The Hall–Kier alpha value is -1.76. The molecular weight excluding hydrogens is 309 g/mol. The summed E-state index contributed by atoms with van der Waals surface area (Å²) in [7, 11) is 0. The molecule has 1 fully saturated rings. The number of alkyl halides is 3. The first-order valence-corrected chi connectivity index (χ1v) is 7.61. The van der Waals surface area contributed by atoms with Crippen LogP contribution in [0.5, 0.6) is 0 Å². The van der Waals surface area contributed by atoms with Crippen molar-refractivity contribution in [3.8, 4) is 0 Å². The lowest BCUT2D eigenvalue weighted by atomic mass is 10.0. The summed E-state index contributed by atoms with van der Waals surface area (Å²) in [6, 6.07) is 3.09. The third kappa shape index (κ3) is 5.13. The zero-order valence-electron chi connectivity index (χ0n) is 12.9. The Morgan fingerprint density at radius 2 is 2.13 bits per heavy atom. The van der Waals surface area contributed by atoms with Gasteiger partial charge in [0.15, 0.2) is 6.04 Å². The maximum absolute atomic E-state index is 13.2. The standard InChI is InChI=1S/C16H21F3N2O2/c1-10-3-2-4-12(7-10)14(16(17,18)19)21-15(23)20-9-11-5-6-13(22)8-11/h2-4,7,11,13-14,22H,5-6,8-9H2,1H3,(H2,20,21,23)/t11-,13+,14-/m0/s1. The van der Waals surface area contributed by atoms with Gasteiger partial charge in [-0.15, -0.1) is 0 Å². The highest BCUT2D eigenvalue weighted by molar-refractivity contribution is 5.74. The number of urea groups is 1. The molecule has 0 aromatic heterocycles. The van der Waals surface area contributed by atoms with E-state index in [0.717, 1.165) is 6.42 Å². The summed E-state index contributed by atoms with van der Waals surface area (Å²) in [5, 5.41) is 13.9. The molecule has 1 aromatic carbocycles. The highest BCUT2D eigenvalue weighted by Crippen LogP contribution is 2.33. The molecule has 2 rings (SSSR count). The van der Waals surface area contributed by atoms with Crippen molar-refractivity contribution in [1.82, 2.24) is 10.6 Å². The number of hydrogen-bond acceptors (Lipinski definition) is 2. The number of amides is 2. The second kappa shape index (κ2) is 7.21. The molecule has 23 heavy (non-hydrogen) atoms. The Balaban J connectivity index is 1.96. The van der Waals surface area contributed by atoms with E-state index >= 15 is 0 Å². The number of benzene rings is 1. The molecule has 0 heterocycles. The van der Waals surface area contributed by atoms with E-state index in [-0.39, 0.29) is 24.1 Å². The largest absolute Gasteiger partial charge is 0.412 e. The van der Waals surface area contributed by atoms with Crippen LogP contribution in [-0.4, -0.2) is 30.0 Å². The van der Waals surface area contributed by atoms with Crippen LogP contribution in [0.3, 0.4) is 0 Å². The van der Waals surface area contributed by atoms with Crippen LogP contribution in [0.1, 0.15) is 36.4 Å². The van der Waals surface area contributed by atoms with E-state index in [1.807, 2.05) is 5.32 Å². The van der Waals surface area contributed by atoms with Crippen LogP contribution in [0, 0.1) is 12.8 Å². The van der Waals surface area contributed by atoms with Gasteiger partial charge in [-0.25, -0.2) is 4.79 Å². The molecule has 2 amide bonds. The van der Waals surface area contributed by atoms with Crippen LogP contribution < -0.4 is 10.6 Å². The van der Waals surface area contributed by atoms with Crippen molar-refractivity contribution in [1.29, 1.82) is 0 Å². The lowest BCUT2D eigenvalue weighted by Gasteiger charge is -2.23. The van der Waals surface area contributed by atoms with Crippen molar-refractivity contribution in [2.75, 3.05) is 6.54 Å². The minimum atomic E-state index is -4.57. The number of carbonyl (C=O) groups is 1. The Bertz CT molecular complexity index is 548. The lowest BCUT2D eigenvalue weighted by Crippen LogP contribution is -2.44. The van der Waals surface area contributed by atoms with Gasteiger partial charge in [-0.1, -0.05) is 29.8 Å². The molecule has 1 saturated carbocycles. The highest BCUT2D eigenvalue weighted by Gasteiger charge is 2.42. The van der Waals surface area contributed by atoms with Crippen LogP contribution >= 0.6 is 0 Å². The average molecular weight is 330 g/mol. The Morgan fingerprint density at radius 3 is 2.70 bits per heavy atom. The summed E-state index contributed by atoms with van der Waals surface area (Å²) in [5.74, 6) is 0.110.